The van der Waals surface area contributed by atoms with E-state index in [9.17, 15) is 5.11 Å². The van der Waals surface area contributed by atoms with Gasteiger partial charge in [0.25, 0.3) is 0 Å². The molecule has 0 bridgehead atoms. The van der Waals surface area contributed by atoms with Crippen LogP contribution in [0.4, 0.5) is 0 Å². The van der Waals surface area contributed by atoms with Gasteiger partial charge in [-0.2, -0.15) is 4.98 Å². The molecule has 0 spiro atoms. The molecule has 0 atom stereocenters. The van der Waals surface area contributed by atoms with E-state index in [0.717, 1.165) is 38.9 Å². The SMILES string of the molecule is COc1nc(OCc2cccc(-c3cccc(CO)c3C)c2C)ccc1CN. The Hall–Kier alpha value is -2.89. The van der Waals surface area contributed by atoms with E-state index in [-0.39, 0.29) is 6.61 Å². The maximum Gasteiger partial charge on any atom is 0.220 e. The van der Waals surface area contributed by atoms with Gasteiger partial charge < -0.3 is 20.3 Å². The highest BCUT2D eigenvalue weighted by atomic mass is 16.5. The van der Waals surface area contributed by atoms with Crippen LogP contribution in [0.25, 0.3) is 11.1 Å². The first-order valence-electron chi connectivity index (χ1n) is 9.24. The summed E-state index contributed by atoms with van der Waals surface area (Å²) in [5.74, 6) is 0.985. The Bertz CT molecular complexity index is 970. The number of aliphatic hydroxyl groups excluding tert-OH is 1. The molecule has 1 aromatic heterocycles. The maximum absolute atomic E-state index is 9.56. The Kier molecular flexibility index (Phi) is 6.29. The molecule has 0 unspecified atom stereocenters. The Balaban J connectivity index is 1.86. The average molecular weight is 378 g/mol. The number of benzene rings is 2. The summed E-state index contributed by atoms with van der Waals surface area (Å²) in [6, 6.07) is 15.9. The lowest BCUT2D eigenvalue weighted by Crippen LogP contribution is -2.05. The van der Waals surface area contributed by atoms with Crippen molar-refractivity contribution in [2.75, 3.05) is 7.11 Å². The predicted octanol–water partition coefficient (Wildman–Crippen LogP) is 3.90. The Morgan fingerprint density at radius 1 is 0.893 bits per heavy atom. The highest BCUT2D eigenvalue weighted by Crippen LogP contribution is 2.31. The quantitative estimate of drug-likeness (QED) is 0.652. The van der Waals surface area contributed by atoms with Gasteiger partial charge in [-0.25, -0.2) is 0 Å². The molecule has 2 aromatic carbocycles. The van der Waals surface area contributed by atoms with Crippen LogP contribution in [0.5, 0.6) is 11.8 Å². The fraction of sp³-hybridized carbons (Fsp3) is 0.261. The minimum Gasteiger partial charge on any atom is -0.481 e. The average Bonchev–Trinajstić information content (AvgIpc) is 2.73. The topological polar surface area (TPSA) is 77.6 Å². The molecule has 146 valence electrons. The monoisotopic (exact) mass is 378 g/mol. The first-order chi connectivity index (χ1) is 13.6. The standard InChI is InChI=1S/C23H26N2O3/c1-15-18(13-26)6-4-8-20(15)21-9-5-7-19(16(21)2)14-28-22-11-10-17(12-24)23(25-22)27-3/h4-11,26H,12-14,24H2,1-3H3. The van der Waals surface area contributed by atoms with Crippen molar-refractivity contribution < 1.29 is 14.6 Å². The van der Waals surface area contributed by atoms with Gasteiger partial charge in [-0.3, -0.25) is 0 Å². The van der Waals surface area contributed by atoms with Crippen LogP contribution in [-0.2, 0) is 19.8 Å². The summed E-state index contributed by atoms with van der Waals surface area (Å²) >= 11 is 0. The maximum atomic E-state index is 9.56. The molecule has 3 rings (SSSR count). The van der Waals surface area contributed by atoms with Gasteiger partial charge >= 0.3 is 0 Å². The second-order valence-electron chi connectivity index (χ2n) is 6.65. The van der Waals surface area contributed by atoms with Crippen molar-refractivity contribution in [2.45, 2.75) is 33.6 Å². The second-order valence-corrected chi connectivity index (χ2v) is 6.65. The minimum absolute atomic E-state index is 0.0355. The van der Waals surface area contributed by atoms with Gasteiger partial charge in [0.15, 0.2) is 0 Å². The third-order valence-corrected chi connectivity index (χ3v) is 5.05. The van der Waals surface area contributed by atoms with Crippen LogP contribution >= 0.6 is 0 Å². The van der Waals surface area contributed by atoms with Crippen molar-refractivity contribution in [3.05, 3.63) is 76.3 Å². The molecule has 0 aliphatic carbocycles. The molecule has 5 nitrogen and oxygen atoms in total. The lowest BCUT2D eigenvalue weighted by Gasteiger charge is -2.16. The number of hydrogen-bond donors (Lipinski definition) is 2. The van der Waals surface area contributed by atoms with Crippen LogP contribution in [-0.4, -0.2) is 17.2 Å². The highest BCUT2D eigenvalue weighted by Gasteiger charge is 2.12. The minimum atomic E-state index is 0.0355. The normalized spacial score (nSPS) is 10.8. The van der Waals surface area contributed by atoms with Crippen LogP contribution in [0, 0.1) is 13.8 Å². The summed E-state index contributed by atoms with van der Waals surface area (Å²) in [5, 5.41) is 9.56. The van der Waals surface area contributed by atoms with E-state index < -0.39 is 0 Å². The highest BCUT2D eigenvalue weighted by molar-refractivity contribution is 5.72. The summed E-state index contributed by atoms with van der Waals surface area (Å²) in [6.45, 7) is 4.93. The molecule has 0 radical (unpaired) electrons. The number of aromatic nitrogens is 1. The zero-order valence-corrected chi connectivity index (χ0v) is 16.5. The van der Waals surface area contributed by atoms with E-state index in [0.29, 0.717) is 24.9 Å². The second kappa shape index (κ2) is 8.87. The van der Waals surface area contributed by atoms with Gasteiger partial charge in [-0.1, -0.05) is 36.4 Å². The van der Waals surface area contributed by atoms with E-state index in [1.54, 1.807) is 13.2 Å². The third kappa shape index (κ3) is 4.01. The van der Waals surface area contributed by atoms with Crippen molar-refractivity contribution in [1.29, 1.82) is 0 Å². The van der Waals surface area contributed by atoms with E-state index in [1.807, 2.05) is 31.2 Å². The van der Waals surface area contributed by atoms with Gasteiger partial charge in [-0.05, 0) is 53.3 Å². The number of nitrogens with zero attached hydrogens (tertiary/aromatic N) is 1. The first kappa shape index (κ1) is 19.9. The number of hydrogen-bond acceptors (Lipinski definition) is 5. The molecule has 28 heavy (non-hydrogen) atoms. The van der Waals surface area contributed by atoms with Crippen molar-refractivity contribution in [3.8, 4) is 22.9 Å². The molecular formula is C23H26N2O3. The van der Waals surface area contributed by atoms with Crippen LogP contribution in [0.3, 0.4) is 0 Å². The van der Waals surface area contributed by atoms with E-state index in [4.69, 9.17) is 15.2 Å². The molecule has 3 aromatic rings. The number of pyridine rings is 1. The smallest absolute Gasteiger partial charge is 0.220 e. The Labute approximate surface area is 165 Å². The van der Waals surface area contributed by atoms with Crippen LogP contribution in [0.2, 0.25) is 0 Å². The Morgan fingerprint density at radius 2 is 1.54 bits per heavy atom. The van der Waals surface area contributed by atoms with Crippen molar-refractivity contribution in [1.82, 2.24) is 4.98 Å². The number of nitrogens with two attached hydrogens (primary N) is 1. The molecule has 0 fully saturated rings. The lowest BCUT2D eigenvalue weighted by molar-refractivity contribution is 0.281. The molecule has 0 saturated heterocycles. The Morgan fingerprint density at radius 3 is 2.14 bits per heavy atom. The van der Waals surface area contributed by atoms with Gasteiger partial charge in [0.2, 0.25) is 11.8 Å². The zero-order valence-electron chi connectivity index (χ0n) is 16.5. The van der Waals surface area contributed by atoms with Crippen molar-refractivity contribution in [2.24, 2.45) is 5.73 Å². The molecule has 0 aliphatic rings. The zero-order chi connectivity index (χ0) is 20.1. The van der Waals surface area contributed by atoms with Crippen molar-refractivity contribution >= 4 is 0 Å². The lowest BCUT2D eigenvalue weighted by atomic mass is 9.92. The third-order valence-electron chi connectivity index (χ3n) is 5.05. The van der Waals surface area contributed by atoms with E-state index in [2.05, 4.69) is 30.1 Å². The summed E-state index contributed by atoms with van der Waals surface area (Å²) in [7, 11) is 1.57. The molecule has 1 heterocycles. The van der Waals surface area contributed by atoms with E-state index >= 15 is 0 Å². The predicted molar refractivity (Wildman–Crippen MR) is 110 cm³/mol. The molecular weight excluding hydrogens is 352 g/mol. The summed E-state index contributed by atoms with van der Waals surface area (Å²) in [5.41, 5.74) is 13.0. The molecule has 0 saturated carbocycles. The van der Waals surface area contributed by atoms with Gasteiger partial charge in [0, 0.05) is 18.2 Å². The molecule has 0 amide bonds. The first-order valence-corrected chi connectivity index (χ1v) is 9.24. The molecule has 5 heteroatoms. The molecule has 3 N–H and O–H groups in total. The molecule has 0 aliphatic heterocycles. The number of aliphatic hydroxyl groups is 1. The number of methoxy groups -OCH3 is 1. The fourth-order valence-electron chi connectivity index (χ4n) is 3.29. The number of ether oxygens (including phenoxy) is 2. The summed E-state index contributed by atoms with van der Waals surface area (Å²) < 4.78 is 11.2. The van der Waals surface area contributed by atoms with E-state index in [1.165, 1.54) is 0 Å². The van der Waals surface area contributed by atoms with Crippen molar-refractivity contribution in [3.63, 3.8) is 0 Å². The summed E-state index contributed by atoms with van der Waals surface area (Å²) in [4.78, 5) is 4.37. The number of rotatable bonds is 7. The van der Waals surface area contributed by atoms with Crippen LogP contribution in [0.1, 0.15) is 27.8 Å². The van der Waals surface area contributed by atoms with Gasteiger partial charge in [0.05, 0.1) is 13.7 Å². The van der Waals surface area contributed by atoms with Gasteiger partial charge in [0.1, 0.15) is 6.61 Å². The van der Waals surface area contributed by atoms with Crippen LogP contribution in [0.15, 0.2) is 48.5 Å². The van der Waals surface area contributed by atoms with Crippen LogP contribution < -0.4 is 15.2 Å². The van der Waals surface area contributed by atoms with Gasteiger partial charge in [-0.15, -0.1) is 0 Å². The largest absolute Gasteiger partial charge is 0.481 e. The fourth-order valence-corrected chi connectivity index (χ4v) is 3.29. The summed E-state index contributed by atoms with van der Waals surface area (Å²) in [6.07, 6.45) is 0.